The largest absolute Gasteiger partial charge is 0.317 e. The summed E-state index contributed by atoms with van der Waals surface area (Å²) in [7, 11) is 0. The molecule has 98 valence electrons. The molecule has 0 radical (unpaired) electrons. The lowest BCUT2D eigenvalue weighted by Crippen LogP contribution is -2.45. The van der Waals surface area contributed by atoms with E-state index in [-0.39, 0.29) is 11.2 Å². The lowest BCUT2D eigenvalue weighted by molar-refractivity contribution is 0.0848. The molecule has 0 amide bonds. The highest BCUT2D eigenvalue weighted by molar-refractivity contribution is 7.08. The summed E-state index contributed by atoms with van der Waals surface area (Å²) in [6.45, 7) is 1.82. The van der Waals surface area contributed by atoms with Gasteiger partial charge in [0.1, 0.15) is 0 Å². The van der Waals surface area contributed by atoms with Gasteiger partial charge in [-0.25, -0.2) is 0 Å². The zero-order valence-corrected chi connectivity index (χ0v) is 11.6. The fourth-order valence-electron chi connectivity index (χ4n) is 2.93. The normalized spacial score (nSPS) is 18.1. The van der Waals surface area contributed by atoms with Crippen LogP contribution < -0.4 is 5.32 Å². The van der Waals surface area contributed by atoms with E-state index in [1.165, 1.54) is 0 Å². The van der Waals surface area contributed by atoms with E-state index in [1.807, 2.05) is 35.0 Å². The van der Waals surface area contributed by atoms with Gasteiger partial charge in [0.05, 0.1) is 5.41 Å². The SMILES string of the molecule is O=C(c1ccsc1)C1(c2ccccc2)CCNCC1. The van der Waals surface area contributed by atoms with E-state index >= 15 is 0 Å². The molecule has 1 aliphatic rings. The van der Waals surface area contributed by atoms with Gasteiger partial charge in [0, 0.05) is 10.9 Å². The Morgan fingerprint density at radius 2 is 1.84 bits per heavy atom. The second kappa shape index (κ2) is 5.27. The Morgan fingerprint density at radius 3 is 2.47 bits per heavy atom. The Labute approximate surface area is 117 Å². The highest BCUT2D eigenvalue weighted by Crippen LogP contribution is 2.37. The number of thiophene rings is 1. The summed E-state index contributed by atoms with van der Waals surface area (Å²) >= 11 is 1.59. The van der Waals surface area contributed by atoms with E-state index < -0.39 is 0 Å². The summed E-state index contributed by atoms with van der Waals surface area (Å²) in [6.07, 6.45) is 1.76. The summed E-state index contributed by atoms with van der Waals surface area (Å²) in [5.74, 6) is 0.279. The molecule has 0 spiro atoms. The van der Waals surface area contributed by atoms with E-state index in [9.17, 15) is 4.79 Å². The Bertz CT molecular complexity index is 541. The number of nitrogens with one attached hydrogen (secondary N) is 1. The van der Waals surface area contributed by atoms with Crippen molar-refractivity contribution in [2.45, 2.75) is 18.3 Å². The van der Waals surface area contributed by atoms with Crippen LogP contribution in [-0.2, 0) is 5.41 Å². The third-order valence-electron chi connectivity index (χ3n) is 4.00. The van der Waals surface area contributed by atoms with Crippen molar-refractivity contribution in [1.29, 1.82) is 0 Å². The van der Waals surface area contributed by atoms with Crippen molar-refractivity contribution in [2.24, 2.45) is 0 Å². The molecule has 0 bridgehead atoms. The molecular formula is C16H17NOS. The number of piperidine rings is 1. The summed E-state index contributed by atoms with van der Waals surface area (Å²) in [4.78, 5) is 13.0. The minimum absolute atomic E-state index is 0.279. The third-order valence-corrected chi connectivity index (χ3v) is 4.68. The van der Waals surface area contributed by atoms with E-state index in [1.54, 1.807) is 11.3 Å². The van der Waals surface area contributed by atoms with Crippen LogP contribution >= 0.6 is 11.3 Å². The molecule has 1 aliphatic heterocycles. The maximum atomic E-state index is 13.0. The predicted molar refractivity (Wildman–Crippen MR) is 78.9 cm³/mol. The van der Waals surface area contributed by atoms with E-state index in [0.29, 0.717) is 0 Å². The lowest BCUT2D eigenvalue weighted by atomic mass is 9.69. The van der Waals surface area contributed by atoms with Crippen molar-refractivity contribution < 1.29 is 4.79 Å². The standard InChI is InChI=1S/C16H17NOS/c18-15(13-6-11-19-12-13)16(7-9-17-10-8-16)14-4-2-1-3-5-14/h1-6,11-12,17H,7-10H2. The van der Waals surface area contributed by atoms with Crippen LogP contribution in [0.15, 0.2) is 47.2 Å². The molecule has 1 saturated heterocycles. The first kappa shape index (κ1) is 12.6. The smallest absolute Gasteiger partial charge is 0.174 e. The molecule has 2 aromatic rings. The van der Waals surface area contributed by atoms with Crippen molar-refractivity contribution in [3.63, 3.8) is 0 Å². The topological polar surface area (TPSA) is 29.1 Å². The molecule has 1 aromatic carbocycles. The van der Waals surface area contributed by atoms with Crippen LogP contribution in [0.4, 0.5) is 0 Å². The molecule has 0 aliphatic carbocycles. The molecule has 2 nitrogen and oxygen atoms in total. The van der Waals surface area contributed by atoms with Gasteiger partial charge in [0.2, 0.25) is 0 Å². The van der Waals surface area contributed by atoms with E-state index in [0.717, 1.165) is 37.1 Å². The Morgan fingerprint density at radius 1 is 1.11 bits per heavy atom. The average Bonchev–Trinajstić information content (AvgIpc) is 3.02. The minimum atomic E-state index is -0.340. The number of carbonyl (C=O) groups excluding carboxylic acids is 1. The summed E-state index contributed by atoms with van der Waals surface area (Å²) < 4.78 is 0. The van der Waals surface area contributed by atoms with Gasteiger partial charge in [-0.05, 0) is 42.9 Å². The first-order valence-corrected chi connectivity index (χ1v) is 7.60. The Kier molecular flexibility index (Phi) is 3.49. The molecule has 1 fully saturated rings. The second-order valence-electron chi connectivity index (χ2n) is 5.04. The van der Waals surface area contributed by atoms with Gasteiger partial charge in [-0.2, -0.15) is 11.3 Å². The summed E-state index contributed by atoms with van der Waals surface area (Å²) in [5, 5.41) is 7.31. The number of hydrogen-bond donors (Lipinski definition) is 1. The molecule has 19 heavy (non-hydrogen) atoms. The quantitative estimate of drug-likeness (QED) is 0.868. The van der Waals surface area contributed by atoms with Crippen LogP contribution in [0.1, 0.15) is 28.8 Å². The van der Waals surface area contributed by atoms with Crippen LogP contribution in [0, 0.1) is 0 Å². The zero-order valence-electron chi connectivity index (χ0n) is 10.8. The van der Waals surface area contributed by atoms with Crippen molar-refractivity contribution in [3.05, 3.63) is 58.3 Å². The number of carbonyl (C=O) groups is 1. The Balaban J connectivity index is 2.04. The summed E-state index contributed by atoms with van der Waals surface area (Å²) in [6, 6.07) is 12.2. The number of ketones is 1. The van der Waals surface area contributed by atoms with Gasteiger partial charge in [0.25, 0.3) is 0 Å². The molecule has 3 heteroatoms. The number of hydrogen-bond acceptors (Lipinski definition) is 3. The number of Topliss-reactive ketones (excluding diaryl/α,β-unsaturated/α-hetero) is 1. The molecule has 0 saturated carbocycles. The fourth-order valence-corrected chi connectivity index (χ4v) is 3.56. The molecule has 1 aromatic heterocycles. The first-order valence-electron chi connectivity index (χ1n) is 6.66. The molecule has 0 unspecified atom stereocenters. The Hall–Kier alpha value is -1.45. The van der Waals surface area contributed by atoms with Crippen molar-refractivity contribution in [3.8, 4) is 0 Å². The van der Waals surface area contributed by atoms with E-state index in [2.05, 4.69) is 17.4 Å². The first-order chi connectivity index (χ1) is 9.33. The van der Waals surface area contributed by atoms with Crippen LogP contribution in [-0.4, -0.2) is 18.9 Å². The second-order valence-corrected chi connectivity index (χ2v) is 5.82. The van der Waals surface area contributed by atoms with Crippen molar-refractivity contribution in [2.75, 3.05) is 13.1 Å². The van der Waals surface area contributed by atoms with Gasteiger partial charge in [0.15, 0.2) is 5.78 Å². The van der Waals surface area contributed by atoms with Crippen LogP contribution in [0.3, 0.4) is 0 Å². The van der Waals surface area contributed by atoms with Crippen molar-refractivity contribution in [1.82, 2.24) is 5.32 Å². The van der Waals surface area contributed by atoms with Gasteiger partial charge in [-0.15, -0.1) is 0 Å². The molecule has 3 rings (SSSR count). The van der Waals surface area contributed by atoms with Gasteiger partial charge in [-0.3, -0.25) is 4.79 Å². The molecule has 1 N–H and O–H groups in total. The van der Waals surface area contributed by atoms with Crippen LogP contribution in [0.2, 0.25) is 0 Å². The maximum absolute atomic E-state index is 13.0. The zero-order chi connectivity index (χ0) is 13.1. The van der Waals surface area contributed by atoms with Gasteiger partial charge in [-0.1, -0.05) is 30.3 Å². The fraction of sp³-hybridized carbons (Fsp3) is 0.312. The highest BCUT2D eigenvalue weighted by atomic mass is 32.1. The molecule has 2 heterocycles. The van der Waals surface area contributed by atoms with E-state index in [4.69, 9.17) is 0 Å². The van der Waals surface area contributed by atoms with Crippen LogP contribution in [0.25, 0.3) is 0 Å². The predicted octanol–water partition coefficient (Wildman–Crippen LogP) is 3.25. The van der Waals surface area contributed by atoms with Crippen LogP contribution in [0.5, 0.6) is 0 Å². The molecular weight excluding hydrogens is 254 g/mol. The minimum Gasteiger partial charge on any atom is -0.317 e. The van der Waals surface area contributed by atoms with Crippen molar-refractivity contribution >= 4 is 17.1 Å². The third kappa shape index (κ3) is 2.24. The monoisotopic (exact) mass is 271 g/mol. The van der Waals surface area contributed by atoms with Gasteiger partial charge < -0.3 is 5.32 Å². The number of benzene rings is 1. The average molecular weight is 271 g/mol. The lowest BCUT2D eigenvalue weighted by Gasteiger charge is -2.36. The molecule has 0 atom stereocenters. The highest BCUT2D eigenvalue weighted by Gasteiger charge is 2.41. The summed E-state index contributed by atoms with van der Waals surface area (Å²) in [5.41, 5.74) is 1.68. The maximum Gasteiger partial charge on any atom is 0.174 e. The van der Waals surface area contributed by atoms with Gasteiger partial charge >= 0.3 is 0 Å². The number of rotatable bonds is 3.